The number of carbonyl (C=O) groups excluding carboxylic acids is 1. The van der Waals surface area contributed by atoms with Crippen molar-refractivity contribution < 1.29 is 4.79 Å². The molecule has 0 saturated heterocycles. The van der Waals surface area contributed by atoms with Crippen LogP contribution in [-0.4, -0.2) is 25.0 Å². The summed E-state index contributed by atoms with van der Waals surface area (Å²) in [5.74, 6) is 1.22. The molecular weight excluding hydrogens is 176 g/mol. The van der Waals surface area contributed by atoms with Gasteiger partial charge in [-0.2, -0.15) is 0 Å². The molecule has 0 aliphatic heterocycles. The average molecular weight is 198 g/mol. The zero-order valence-corrected chi connectivity index (χ0v) is 9.47. The zero-order chi connectivity index (χ0) is 10.6. The van der Waals surface area contributed by atoms with Crippen molar-refractivity contribution in [2.24, 2.45) is 11.8 Å². The van der Waals surface area contributed by atoms with Gasteiger partial charge in [0.1, 0.15) is 0 Å². The van der Waals surface area contributed by atoms with E-state index < -0.39 is 0 Å². The summed E-state index contributed by atoms with van der Waals surface area (Å²) in [7, 11) is 0. The van der Waals surface area contributed by atoms with Crippen LogP contribution >= 0.6 is 0 Å². The lowest BCUT2D eigenvalue weighted by molar-refractivity contribution is -0.122. The maximum absolute atomic E-state index is 11.2. The van der Waals surface area contributed by atoms with Crippen LogP contribution in [0.4, 0.5) is 0 Å². The number of rotatable bonds is 6. The van der Waals surface area contributed by atoms with Crippen molar-refractivity contribution in [2.45, 2.75) is 39.7 Å². The van der Waals surface area contributed by atoms with Gasteiger partial charge < -0.3 is 10.6 Å². The Balaban J connectivity index is 1.95. The Hall–Kier alpha value is -0.570. The Morgan fingerprint density at radius 1 is 1.29 bits per heavy atom. The smallest absolute Gasteiger partial charge is 0.223 e. The highest BCUT2D eigenvalue weighted by Crippen LogP contribution is 2.28. The molecule has 0 radical (unpaired) electrons. The van der Waals surface area contributed by atoms with Crippen LogP contribution in [0.2, 0.25) is 0 Å². The molecule has 0 heterocycles. The molecular formula is C11H22N2O. The first-order valence-corrected chi connectivity index (χ1v) is 5.62. The van der Waals surface area contributed by atoms with Gasteiger partial charge in [-0.1, -0.05) is 13.8 Å². The van der Waals surface area contributed by atoms with Gasteiger partial charge in [0.25, 0.3) is 0 Å². The monoisotopic (exact) mass is 198 g/mol. The summed E-state index contributed by atoms with van der Waals surface area (Å²) in [6.45, 7) is 8.19. The molecule has 0 aromatic heterocycles. The van der Waals surface area contributed by atoms with E-state index in [1.54, 1.807) is 0 Å². The molecule has 0 spiro atoms. The average Bonchev–Trinajstić information content (AvgIpc) is 2.94. The minimum absolute atomic E-state index is 0.240. The molecule has 1 unspecified atom stereocenters. The molecule has 1 amide bonds. The normalized spacial score (nSPS) is 18.3. The molecule has 0 bridgehead atoms. The molecule has 1 rings (SSSR count). The molecule has 3 nitrogen and oxygen atoms in total. The van der Waals surface area contributed by atoms with Gasteiger partial charge in [-0.05, 0) is 25.7 Å². The van der Waals surface area contributed by atoms with Crippen LogP contribution in [0.5, 0.6) is 0 Å². The van der Waals surface area contributed by atoms with Crippen LogP contribution in [0, 0.1) is 11.8 Å². The fourth-order valence-electron chi connectivity index (χ4n) is 1.21. The van der Waals surface area contributed by atoms with Crippen molar-refractivity contribution in [2.75, 3.05) is 13.1 Å². The lowest BCUT2D eigenvalue weighted by atomic mass is 10.1. The minimum Gasteiger partial charge on any atom is -0.355 e. The number of nitrogens with one attached hydrogen (secondary N) is 2. The van der Waals surface area contributed by atoms with E-state index in [2.05, 4.69) is 31.4 Å². The van der Waals surface area contributed by atoms with Crippen molar-refractivity contribution in [3.63, 3.8) is 0 Å². The van der Waals surface area contributed by atoms with Crippen LogP contribution in [0.25, 0.3) is 0 Å². The number of hydrogen-bond acceptors (Lipinski definition) is 2. The van der Waals surface area contributed by atoms with E-state index in [9.17, 15) is 4.79 Å². The Morgan fingerprint density at radius 2 is 1.93 bits per heavy atom. The summed E-state index contributed by atoms with van der Waals surface area (Å²) < 4.78 is 0. The largest absolute Gasteiger partial charge is 0.355 e. The summed E-state index contributed by atoms with van der Waals surface area (Å²) in [6, 6.07) is 0.521. The summed E-state index contributed by atoms with van der Waals surface area (Å²) in [6.07, 6.45) is 2.17. The predicted octanol–water partition coefficient (Wildman–Crippen LogP) is 1.15. The number of carbonyl (C=O) groups is 1. The third-order valence-electron chi connectivity index (χ3n) is 2.84. The maximum Gasteiger partial charge on any atom is 0.223 e. The first-order chi connectivity index (χ1) is 6.61. The van der Waals surface area contributed by atoms with Gasteiger partial charge >= 0.3 is 0 Å². The molecule has 14 heavy (non-hydrogen) atoms. The topological polar surface area (TPSA) is 41.1 Å². The summed E-state index contributed by atoms with van der Waals surface area (Å²) in [4.78, 5) is 11.2. The van der Waals surface area contributed by atoms with E-state index in [4.69, 9.17) is 0 Å². The van der Waals surface area contributed by atoms with E-state index in [-0.39, 0.29) is 5.91 Å². The van der Waals surface area contributed by atoms with E-state index in [1.807, 2.05) is 0 Å². The predicted molar refractivity (Wildman–Crippen MR) is 58.0 cm³/mol. The Morgan fingerprint density at radius 3 is 2.43 bits per heavy atom. The van der Waals surface area contributed by atoms with Crippen molar-refractivity contribution in [1.82, 2.24) is 10.6 Å². The Labute approximate surface area is 86.6 Å². The highest BCUT2D eigenvalue weighted by atomic mass is 16.2. The van der Waals surface area contributed by atoms with Crippen LogP contribution in [-0.2, 0) is 4.79 Å². The SMILES string of the molecule is CC(C)C(C)NCCNC(=O)C1CC1. The van der Waals surface area contributed by atoms with Crippen LogP contribution in [0.1, 0.15) is 33.6 Å². The summed E-state index contributed by atoms with van der Waals surface area (Å²) >= 11 is 0. The molecule has 0 aromatic carbocycles. The van der Waals surface area contributed by atoms with Crippen LogP contribution < -0.4 is 10.6 Å². The van der Waals surface area contributed by atoms with Crippen molar-refractivity contribution in [3.8, 4) is 0 Å². The molecule has 1 aliphatic rings. The van der Waals surface area contributed by atoms with Gasteiger partial charge in [-0.25, -0.2) is 0 Å². The molecule has 3 heteroatoms. The zero-order valence-electron chi connectivity index (χ0n) is 9.47. The van der Waals surface area contributed by atoms with Gasteiger partial charge in [0, 0.05) is 25.0 Å². The quantitative estimate of drug-likeness (QED) is 0.629. The maximum atomic E-state index is 11.2. The third-order valence-corrected chi connectivity index (χ3v) is 2.84. The van der Waals surface area contributed by atoms with E-state index >= 15 is 0 Å². The van der Waals surface area contributed by atoms with Crippen molar-refractivity contribution in [3.05, 3.63) is 0 Å². The van der Waals surface area contributed by atoms with E-state index in [1.165, 1.54) is 0 Å². The third kappa shape index (κ3) is 4.09. The molecule has 0 aromatic rings. The summed E-state index contributed by atoms with van der Waals surface area (Å²) in [5, 5.41) is 6.32. The van der Waals surface area contributed by atoms with Gasteiger partial charge in [0.15, 0.2) is 0 Å². The number of hydrogen-bond donors (Lipinski definition) is 2. The van der Waals surface area contributed by atoms with Gasteiger partial charge in [0.2, 0.25) is 5.91 Å². The minimum atomic E-state index is 0.240. The highest BCUT2D eigenvalue weighted by Gasteiger charge is 2.28. The van der Waals surface area contributed by atoms with Crippen LogP contribution in [0.15, 0.2) is 0 Å². The Bertz CT molecular complexity index is 188. The summed E-state index contributed by atoms with van der Waals surface area (Å²) in [5.41, 5.74) is 0. The second-order valence-electron chi connectivity index (χ2n) is 4.55. The molecule has 1 saturated carbocycles. The standard InChI is InChI=1S/C11H22N2O/c1-8(2)9(3)12-6-7-13-11(14)10-4-5-10/h8-10,12H,4-7H2,1-3H3,(H,13,14). The Kier molecular flexibility index (Phi) is 4.39. The van der Waals surface area contributed by atoms with Crippen LogP contribution in [0.3, 0.4) is 0 Å². The lowest BCUT2D eigenvalue weighted by Gasteiger charge is -2.17. The molecule has 1 fully saturated rings. The van der Waals surface area contributed by atoms with Crippen molar-refractivity contribution >= 4 is 5.91 Å². The second-order valence-corrected chi connectivity index (χ2v) is 4.55. The number of amides is 1. The second kappa shape index (κ2) is 5.35. The molecule has 2 N–H and O–H groups in total. The van der Waals surface area contributed by atoms with E-state index in [0.717, 1.165) is 25.9 Å². The molecule has 1 aliphatic carbocycles. The van der Waals surface area contributed by atoms with Crippen molar-refractivity contribution in [1.29, 1.82) is 0 Å². The van der Waals surface area contributed by atoms with Gasteiger partial charge in [0.05, 0.1) is 0 Å². The lowest BCUT2D eigenvalue weighted by Crippen LogP contribution is -2.38. The molecule has 82 valence electrons. The molecule has 1 atom stereocenters. The highest BCUT2D eigenvalue weighted by molar-refractivity contribution is 5.80. The van der Waals surface area contributed by atoms with E-state index in [0.29, 0.717) is 17.9 Å². The van der Waals surface area contributed by atoms with Gasteiger partial charge in [-0.15, -0.1) is 0 Å². The fraction of sp³-hybridized carbons (Fsp3) is 0.909. The first kappa shape index (κ1) is 11.5. The fourth-order valence-corrected chi connectivity index (χ4v) is 1.21. The first-order valence-electron chi connectivity index (χ1n) is 5.62. The van der Waals surface area contributed by atoms with Gasteiger partial charge in [-0.3, -0.25) is 4.79 Å².